The largest absolute Gasteiger partial charge is 0.331 e. The highest BCUT2D eigenvalue weighted by Gasteiger charge is 2.58. The van der Waals surface area contributed by atoms with Crippen LogP contribution in [0, 0.1) is 10.8 Å². The summed E-state index contributed by atoms with van der Waals surface area (Å²) in [6, 6.07) is -0.599. The van der Waals surface area contributed by atoms with Crippen molar-refractivity contribution in [1.82, 2.24) is 10.2 Å². The first-order valence-electron chi connectivity index (χ1n) is 7.58. The molecule has 1 saturated heterocycles. The van der Waals surface area contributed by atoms with E-state index in [0.29, 0.717) is 12.8 Å². The average molecular weight is 278 g/mol. The van der Waals surface area contributed by atoms with Gasteiger partial charge in [0.25, 0.3) is 0 Å². The van der Waals surface area contributed by atoms with Crippen molar-refractivity contribution in [3.8, 4) is 0 Å². The highest BCUT2D eigenvalue weighted by atomic mass is 16.2. The SMILES string of the molecule is CC1(C)CCCC1N1C(=O)NC(=O)C2(CCCC2)C1=O. The van der Waals surface area contributed by atoms with Gasteiger partial charge in [-0.05, 0) is 31.1 Å². The van der Waals surface area contributed by atoms with Gasteiger partial charge in [0.2, 0.25) is 11.8 Å². The lowest BCUT2D eigenvalue weighted by Crippen LogP contribution is -2.66. The summed E-state index contributed by atoms with van der Waals surface area (Å²) in [7, 11) is 0. The number of urea groups is 1. The zero-order valence-corrected chi connectivity index (χ0v) is 12.2. The van der Waals surface area contributed by atoms with Gasteiger partial charge in [0.1, 0.15) is 5.41 Å². The molecular weight excluding hydrogens is 256 g/mol. The summed E-state index contributed by atoms with van der Waals surface area (Å²) in [5.74, 6) is -0.624. The summed E-state index contributed by atoms with van der Waals surface area (Å²) >= 11 is 0. The molecule has 1 heterocycles. The number of nitrogens with zero attached hydrogens (tertiary/aromatic N) is 1. The molecule has 3 aliphatic rings. The Labute approximate surface area is 119 Å². The Morgan fingerprint density at radius 3 is 2.25 bits per heavy atom. The third-order valence-electron chi connectivity index (χ3n) is 5.47. The molecule has 20 heavy (non-hydrogen) atoms. The minimum absolute atomic E-state index is 0.0623. The molecule has 0 aromatic carbocycles. The highest BCUT2D eigenvalue weighted by Crippen LogP contribution is 2.46. The Morgan fingerprint density at radius 1 is 1.05 bits per heavy atom. The summed E-state index contributed by atoms with van der Waals surface area (Å²) < 4.78 is 0. The van der Waals surface area contributed by atoms with Gasteiger partial charge in [0, 0.05) is 6.04 Å². The van der Waals surface area contributed by atoms with Crippen molar-refractivity contribution in [2.24, 2.45) is 10.8 Å². The van der Waals surface area contributed by atoms with Crippen molar-refractivity contribution in [1.29, 1.82) is 0 Å². The second kappa shape index (κ2) is 4.30. The van der Waals surface area contributed by atoms with Gasteiger partial charge in [0.15, 0.2) is 0 Å². The summed E-state index contributed by atoms with van der Waals surface area (Å²) in [6.07, 6.45) is 5.80. The van der Waals surface area contributed by atoms with E-state index in [9.17, 15) is 14.4 Å². The van der Waals surface area contributed by atoms with Crippen LogP contribution >= 0.6 is 0 Å². The molecule has 1 N–H and O–H groups in total. The topological polar surface area (TPSA) is 66.5 Å². The average Bonchev–Trinajstić information content (AvgIpc) is 2.96. The molecule has 1 unspecified atom stereocenters. The number of amides is 4. The van der Waals surface area contributed by atoms with E-state index in [-0.39, 0.29) is 23.3 Å². The Kier molecular flexibility index (Phi) is 2.92. The van der Waals surface area contributed by atoms with Gasteiger partial charge in [-0.25, -0.2) is 4.79 Å². The van der Waals surface area contributed by atoms with Crippen molar-refractivity contribution in [2.45, 2.75) is 64.8 Å². The van der Waals surface area contributed by atoms with Crippen LogP contribution in [-0.2, 0) is 9.59 Å². The maximum atomic E-state index is 12.9. The lowest BCUT2D eigenvalue weighted by atomic mass is 9.79. The minimum atomic E-state index is -0.966. The summed E-state index contributed by atoms with van der Waals surface area (Å²) in [5.41, 5.74) is -1.03. The molecule has 1 aliphatic heterocycles. The van der Waals surface area contributed by atoms with E-state index in [1.807, 2.05) is 0 Å². The summed E-state index contributed by atoms with van der Waals surface area (Å²) in [4.78, 5) is 38.6. The van der Waals surface area contributed by atoms with E-state index in [1.54, 1.807) is 0 Å². The third-order valence-corrected chi connectivity index (χ3v) is 5.47. The molecule has 1 atom stereocenters. The van der Waals surface area contributed by atoms with Crippen LogP contribution in [-0.4, -0.2) is 28.8 Å². The van der Waals surface area contributed by atoms with E-state index in [4.69, 9.17) is 0 Å². The third kappa shape index (κ3) is 1.71. The molecule has 3 rings (SSSR count). The second-order valence-corrected chi connectivity index (χ2v) is 7.12. The molecule has 2 saturated carbocycles. The van der Waals surface area contributed by atoms with Crippen LogP contribution in [0.2, 0.25) is 0 Å². The van der Waals surface area contributed by atoms with Gasteiger partial charge in [-0.3, -0.25) is 19.8 Å². The molecule has 5 nitrogen and oxygen atoms in total. The van der Waals surface area contributed by atoms with Crippen LogP contribution in [0.15, 0.2) is 0 Å². The molecular formula is C15H22N2O3. The van der Waals surface area contributed by atoms with Crippen molar-refractivity contribution in [2.75, 3.05) is 0 Å². The lowest BCUT2D eigenvalue weighted by Gasteiger charge is -2.43. The maximum absolute atomic E-state index is 12.9. The number of hydrogen-bond donors (Lipinski definition) is 1. The van der Waals surface area contributed by atoms with Crippen LogP contribution in [0.4, 0.5) is 4.79 Å². The standard InChI is InChI=1S/C15H22N2O3/c1-14(2)7-5-6-10(14)17-12(19)15(8-3-4-9-15)11(18)16-13(17)20/h10H,3-9H2,1-2H3,(H,16,18,20). The Hall–Kier alpha value is -1.39. The first kappa shape index (κ1) is 13.6. The van der Waals surface area contributed by atoms with Crippen LogP contribution < -0.4 is 5.32 Å². The number of imide groups is 2. The monoisotopic (exact) mass is 278 g/mol. The fraction of sp³-hybridized carbons (Fsp3) is 0.800. The molecule has 0 aromatic heterocycles. The quantitative estimate of drug-likeness (QED) is 0.748. The number of nitrogens with one attached hydrogen (secondary N) is 1. The highest BCUT2D eigenvalue weighted by molar-refractivity contribution is 6.19. The minimum Gasteiger partial charge on any atom is -0.277 e. The van der Waals surface area contributed by atoms with Crippen molar-refractivity contribution >= 4 is 17.8 Å². The van der Waals surface area contributed by atoms with E-state index in [1.165, 1.54) is 4.90 Å². The van der Waals surface area contributed by atoms with Crippen molar-refractivity contribution in [3.63, 3.8) is 0 Å². The van der Waals surface area contributed by atoms with Crippen LogP contribution in [0.3, 0.4) is 0 Å². The fourth-order valence-corrected chi connectivity index (χ4v) is 4.19. The first-order valence-corrected chi connectivity index (χ1v) is 7.58. The van der Waals surface area contributed by atoms with Gasteiger partial charge in [0.05, 0.1) is 0 Å². The van der Waals surface area contributed by atoms with Gasteiger partial charge in [-0.15, -0.1) is 0 Å². The summed E-state index contributed by atoms with van der Waals surface area (Å²) in [5, 5.41) is 2.43. The van der Waals surface area contributed by atoms with Crippen LogP contribution in [0.1, 0.15) is 58.8 Å². The smallest absolute Gasteiger partial charge is 0.277 e. The number of hydrogen-bond acceptors (Lipinski definition) is 3. The fourth-order valence-electron chi connectivity index (χ4n) is 4.19. The predicted molar refractivity (Wildman–Crippen MR) is 72.7 cm³/mol. The molecule has 2 aliphatic carbocycles. The van der Waals surface area contributed by atoms with Crippen molar-refractivity contribution in [3.05, 3.63) is 0 Å². The van der Waals surface area contributed by atoms with Gasteiger partial charge >= 0.3 is 6.03 Å². The number of barbiturate groups is 1. The second-order valence-electron chi connectivity index (χ2n) is 7.12. The van der Waals surface area contributed by atoms with Crippen LogP contribution in [0.25, 0.3) is 0 Å². The maximum Gasteiger partial charge on any atom is 0.331 e. The van der Waals surface area contributed by atoms with Crippen LogP contribution in [0.5, 0.6) is 0 Å². The lowest BCUT2D eigenvalue weighted by molar-refractivity contribution is -0.153. The van der Waals surface area contributed by atoms with Crippen molar-refractivity contribution < 1.29 is 14.4 Å². The molecule has 1 spiro atoms. The van der Waals surface area contributed by atoms with Gasteiger partial charge in [-0.1, -0.05) is 33.1 Å². The van der Waals surface area contributed by atoms with E-state index in [0.717, 1.165) is 32.1 Å². The van der Waals surface area contributed by atoms with Gasteiger partial charge in [-0.2, -0.15) is 0 Å². The van der Waals surface area contributed by atoms with E-state index >= 15 is 0 Å². The number of rotatable bonds is 1. The molecule has 4 amide bonds. The van der Waals surface area contributed by atoms with E-state index < -0.39 is 11.4 Å². The molecule has 0 aromatic rings. The molecule has 0 radical (unpaired) electrons. The van der Waals surface area contributed by atoms with E-state index in [2.05, 4.69) is 19.2 Å². The molecule has 3 fully saturated rings. The molecule has 5 heteroatoms. The molecule has 0 bridgehead atoms. The summed E-state index contributed by atoms with van der Waals surface area (Å²) in [6.45, 7) is 4.20. The Balaban J connectivity index is 1.96. The molecule has 110 valence electrons. The zero-order valence-electron chi connectivity index (χ0n) is 12.2. The predicted octanol–water partition coefficient (Wildman–Crippen LogP) is 2.20. The number of carbonyl (C=O) groups excluding carboxylic acids is 3. The number of carbonyl (C=O) groups is 3. The zero-order chi connectivity index (χ0) is 14.5. The Bertz CT molecular complexity index is 478. The normalized spacial score (nSPS) is 32.0. The Morgan fingerprint density at radius 2 is 1.70 bits per heavy atom. The van der Waals surface area contributed by atoms with Gasteiger partial charge < -0.3 is 0 Å². The first-order chi connectivity index (χ1) is 9.38.